The van der Waals surface area contributed by atoms with Gasteiger partial charge >= 0.3 is 5.97 Å². The minimum atomic E-state index is -0.834. The fraction of sp³-hybridized carbons (Fsp3) is 0.500. The van der Waals surface area contributed by atoms with E-state index in [0.717, 1.165) is 17.7 Å². The first-order valence-electron chi connectivity index (χ1n) is 7.19. The Morgan fingerprint density at radius 3 is 2.67 bits per heavy atom. The molecule has 2 N–H and O–H groups in total. The minimum Gasteiger partial charge on any atom is -0.493 e. The van der Waals surface area contributed by atoms with Crippen molar-refractivity contribution in [3.8, 4) is 5.75 Å². The average molecular weight is 293 g/mol. The molecule has 0 aromatic heterocycles. The van der Waals surface area contributed by atoms with Crippen LogP contribution in [0.2, 0.25) is 0 Å². The van der Waals surface area contributed by atoms with Gasteiger partial charge < -0.3 is 15.2 Å². The molecule has 1 unspecified atom stereocenters. The van der Waals surface area contributed by atoms with Gasteiger partial charge in [-0.05, 0) is 24.5 Å². The molecule has 1 aromatic carbocycles. The molecule has 1 atom stereocenters. The van der Waals surface area contributed by atoms with Crippen molar-refractivity contribution in [3.05, 3.63) is 29.8 Å². The molecule has 1 amide bonds. The van der Waals surface area contributed by atoms with Gasteiger partial charge in [-0.15, -0.1) is 0 Å². The molecule has 0 aliphatic rings. The molecule has 0 fully saturated rings. The van der Waals surface area contributed by atoms with Crippen LogP contribution < -0.4 is 10.1 Å². The number of amides is 1. The molecule has 0 aliphatic heterocycles. The molecule has 0 radical (unpaired) electrons. The number of para-hydroxylation sites is 1. The Bertz CT molecular complexity index is 473. The van der Waals surface area contributed by atoms with Crippen LogP contribution >= 0.6 is 0 Å². The van der Waals surface area contributed by atoms with Crippen LogP contribution in [0.25, 0.3) is 0 Å². The van der Waals surface area contributed by atoms with Gasteiger partial charge in [0.25, 0.3) is 0 Å². The Morgan fingerprint density at radius 1 is 1.33 bits per heavy atom. The van der Waals surface area contributed by atoms with Gasteiger partial charge in [-0.2, -0.15) is 0 Å². The predicted octanol–water partition coefficient (Wildman–Crippen LogP) is 2.38. The van der Waals surface area contributed by atoms with E-state index >= 15 is 0 Å². The van der Waals surface area contributed by atoms with Crippen LogP contribution in [0.5, 0.6) is 5.75 Å². The lowest BCUT2D eigenvalue weighted by atomic mass is 10.0. The third-order valence-corrected chi connectivity index (χ3v) is 3.31. The van der Waals surface area contributed by atoms with Gasteiger partial charge in [0.2, 0.25) is 5.91 Å². The summed E-state index contributed by atoms with van der Waals surface area (Å²) in [5.74, 6) is -0.197. The molecular formula is C16H23NO4. The number of ether oxygens (including phenoxy) is 1. The number of carboxylic acid groups (broad SMARTS) is 1. The van der Waals surface area contributed by atoms with E-state index in [1.165, 1.54) is 0 Å². The van der Waals surface area contributed by atoms with Gasteiger partial charge in [-0.25, -0.2) is 0 Å². The van der Waals surface area contributed by atoms with Gasteiger partial charge in [-0.1, -0.05) is 31.5 Å². The molecule has 5 heteroatoms. The van der Waals surface area contributed by atoms with E-state index < -0.39 is 5.97 Å². The minimum absolute atomic E-state index is 0.0243. The number of carbonyl (C=O) groups is 2. The monoisotopic (exact) mass is 293 g/mol. The van der Waals surface area contributed by atoms with E-state index in [1.807, 2.05) is 38.1 Å². The summed E-state index contributed by atoms with van der Waals surface area (Å²) in [7, 11) is 0. The number of nitrogens with one attached hydrogen (secondary N) is 1. The molecule has 0 spiro atoms. The normalized spacial score (nSPS) is 11.7. The second kappa shape index (κ2) is 9.00. The van der Waals surface area contributed by atoms with Crippen molar-refractivity contribution < 1.29 is 19.4 Å². The lowest BCUT2D eigenvalue weighted by Crippen LogP contribution is -2.31. The highest BCUT2D eigenvalue weighted by Crippen LogP contribution is 2.16. The lowest BCUT2D eigenvalue weighted by Gasteiger charge is -2.14. The molecular weight excluding hydrogens is 270 g/mol. The van der Waals surface area contributed by atoms with E-state index in [0.29, 0.717) is 13.2 Å². The van der Waals surface area contributed by atoms with E-state index in [2.05, 4.69) is 5.32 Å². The quantitative estimate of drug-likeness (QED) is 0.733. The number of benzene rings is 1. The molecule has 0 bridgehead atoms. The number of hydrogen-bond acceptors (Lipinski definition) is 3. The number of aryl methyl sites for hydroxylation is 1. The zero-order valence-electron chi connectivity index (χ0n) is 12.6. The smallest absolute Gasteiger partial charge is 0.303 e. The molecule has 1 aromatic rings. The summed E-state index contributed by atoms with van der Waals surface area (Å²) in [5.41, 5.74) is 1.03. The van der Waals surface area contributed by atoms with E-state index in [-0.39, 0.29) is 24.7 Å². The Morgan fingerprint density at radius 2 is 2.05 bits per heavy atom. The Labute approximate surface area is 125 Å². The Balaban J connectivity index is 2.25. The van der Waals surface area contributed by atoms with Gasteiger partial charge in [0, 0.05) is 13.0 Å². The third kappa shape index (κ3) is 6.79. The van der Waals surface area contributed by atoms with Gasteiger partial charge in [0.15, 0.2) is 0 Å². The summed E-state index contributed by atoms with van der Waals surface area (Å²) >= 11 is 0. The summed E-state index contributed by atoms with van der Waals surface area (Å²) in [6, 6.07) is 7.64. The second-order valence-corrected chi connectivity index (χ2v) is 5.04. The predicted molar refractivity (Wildman–Crippen MR) is 80.3 cm³/mol. The van der Waals surface area contributed by atoms with Crippen molar-refractivity contribution in [3.63, 3.8) is 0 Å². The molecule has 0 saturated carbocycles. The first-order chi connectivity index (χ1) is 10.0. The van der Waals surface area contributed by atoms with Crippen LogP contribution in [-0.2, 0) is 9.59 Å². The van der Waals surface area contributed by atoms with Gasteiger partial charge in [0.05, 0.1) is 13.0 Å². The second-order valence-electron chi connectivity index (χ2n) is 5.04. The molecule has 5 nitrogen and oxygen atoms in total. The summed E-state index contributed by atoms with van der Waals surface area (Å²) in [4.78, 5) is 22.3. The fourth-order valence-corrected chi connectivity index (χ4v) is 1.93. The maximum absolute atomic E-state index is 11.7. The van der Waals surface area contributed by atoms with Crippen LogP contribution in [0.15, 0.2) is 24.3 Å². The highest BCUT2D eigenvalue weighted by atomic mass is 16.5. The maximum Gasteiger partial charge on any atom is 0.303 e. The highest BCUT2D eigenvalue weighted by Gasteiger charge is 2.12. The zero-order valence-corrected chi connectivity index (χ0v) is 12.6. The topological polar surface area (TPSA) is 75.6 Å². The molecule has 116 valence electrons. The SMILES string of the molecule is CCC(CNC(=O)CCOc1ccccc1C)CC(=O)O. The van der Waals surface area contributed by atoms with Crippen LogP contribution in [0.3, 0.4) is 0 Å². The van der Waals surface area contributed by atoms with Crippen molar-refractivity contribution in [1.29, 1.82) is 0 Å². The number of rotatable bonds is 9. The van der Waals surface area contributed by atoms with Crippen LogP contribution in [-0.4, -0.2) is 30.1 Å². The maximum atomic E-state index is 11.7. The third-order valence-electron chi connectivity index (χ3n) is 3.31. The number of carboxylic acids is 1. The summed E-state index contributed by atoms with van der Waals surface area (Å²) < 4.78 is 5.55. The summed E-state index contributed by atoms with van der Waals surface area (Å²) in [6.07, 6.45) is 1.07. The summed E-state index contributed by atoms with van der Waals surface area (Å²) in [6.45, 7) is 4.58. The molecule has 0 aliphatic carbocycles. The fourth-order valence-electron chi connectivity index (χ4n) is 1.93. The first-order valence-corrected chi connectivity index (χ1v) is 7.19. The Kier molecular flexibility index (Phi) is 7.29. The van der Waals surface area contributed by atoms with Crippen molar-refractivity contribution in [2.75, 3.05) is 13.2 Å². The van der Waals surface area contributed by atoms with E-state index in [4.69, 9.17) is 9.84 Å². The van der Waals surface area contributed by atoms with Crippen molar-refractivity contribution in [2.45, 2.75) is 33.1 Å². The number of carbonyl (C=O) groups excluding carboxylic acids is 1. The number of hydrogen-bond donors (Lipinski definition) is 2. The standard InChI is InChI=1S/C16H23NO4/c1-3-13(10-16(19)20)11-17-15(18)8-9-21-14-7-5-4-6-12(14)2/h4-7,13H,3,8-11H2,1-2H3,(H,17,18)(H,19,20). The van der Waals surface area contributed by atoms with Crippen LogP contribution in [0.4, 0.5) is 0 Å². The average Bonchev–Trinajstić information content (AvgIpc) is 2.45. The van der Waals surface area contributed by atoms with Crippen molar-refractivity contribution in [2.24, 2.45) is 5.92 Å². The molecule has 0 saturated heterocycles. The highest BCUT2D eigenvalue weighted by molar-refractivity contribution is 5.76. The Hall–Kier alpha value is -2.04. The zero-order chi connectivity index (χ0) is 15.7. The molecule has 21 heavy (non-hydrogen) atoms. The van der Waals surface area contributed by atoms with Crippen LogP contribution in [0.1, 0.15) is 31.7 Å². The van der Waals surface area contributed by atoms with Crippen molar-refractivity contribution >= 4 is 11.9 Å². The van der Waals surface area contributed by atoms with Gasteiger partial charge in [0.1, 0.15) is 5.75 Å². The molecule has 1 rings (SSSR count). The molecule has 0 heterocycles. The van der Waals surface area contributed by atoms with Gasteiger partial charge in [-0.3, -0.25) is 9.59 Å². The largest absolute Gasteiger partial charge is 0.493 e. The van der Waals surface area contributed by atoms with Crippen molar-refractivity contribution in [1.82, 2.24) is 5.32 Å². The van der Waals surface area contributed by atoms with E-state index in [1.54, 1.807) is 0 Å². The number of aliphatic carboxylic acids is 1. The summed E-state index contributed by atoms with van der Waals surface area (Å²) in [5, 5.41) is 11.5. The first kappa shape index (κ1) is 17.0. The van der Waals surface area contributed by atoms with Crippen LogP contribution in [0, 0.1) is 12.8 Å². The lowest BCUT2D eigenvalue weighted by molar-refractivity contribution is -0.138. The van der Waals surface area contributed by atoms with E-state index in [9.17, 15) is 9.59 Å².